The third kappa shape index (κ3) is 7.30. The van der Waals surface area contributed by atoms with Gasteiger partial charge in [-0.1, -0.05) is 30.7 Å². The van der Waals surface area contributed by atoms with Crippen molar-refractivity contribution in [2.24, 2.45) is 0 Å². The van der Waals surface area contributed by atoms with Gasteiger partial charge in [0.1, 0.15) is 10.8 Å². The molecule has 36 heavy (non-hydrogen) atoms. The minimum atomic E-state index is -3.49. The molecule has 11 heteroatoms. The van der Waals surface area contributed by atoms with Crippen LogP contribution in [0.15, 0.2) is 42.6 Å². The second kappa shape index (κ2) is 11.4. The highest BCUT2D eigenvalue weighted by atomic mass is 35.5. The Labute approximate surface area is 217 Å². The predicted octanol–water partition coefficient (Wildman–Crippen LogP) is 5.11. The number of aryl methyl sites for hydroxylation is 2. The molecular formula is C25H31ClN6O3S. The number of hydrogen-bond donors (Lipinski definition) is 4. The Morgan fingerprint density at radius 1 is 1.06 bits per heavy atom. The Hall–Kier alpha value is -2.92. The van der Waals surface area contributed by atoms with Crippen LogP contribution in [0.4, 0.5) is 23.1 Å². The van der Waals surface area contributed by atoms with Gasteiger partial charge in [-0.3, -0.25) is 0 Å². The van der Waals surface area contributed by atoms with Gasteiger partial charge < -0.3 is 15.4 Å². The van der Waals surface area contributed by atoms with Crippen LogP contribution in [0.5, 0.6) is 5.75 Å². The highest BCUT2D eigenvalue weighted by Crippen LogP contribution is 2.30. The zero-order chi connectivity index (χ0) is 25.7. The number of nitrogens with one attached hydrogen (secondary N) is 4. The molecule has 0 radical (unpaired) electrons. The van der Waals surface area contributed by atoms with E-state index >= 15 is 0 Å². The van der Waals surface area contributed by atoms with Gasteiger partial charge in [-0.25, -0.2) is 4.98 Å². The van der Waals surface area contributed by atoms with Gasteiger partial charge in [0.05, 0.1) is 12.8 Å². The van der Waals surface area contributed by atoms with Crippen molar-refractivity contribution < 1.29 is 13.2 Å². The Balaban J connectivity index is 1.40. The van der Waals surface area contributed by atoms with Gasteiger partial charge in [-0.15, -0.1) is 0 Å². The van der Waals surface area contributed by atoms with E-state index in [1.165, 1.54) is 6.20 Å². The van der Waals surface area contributed by atoms with Gasteiger partial charge in [-0.05, 0) is 74.1 Å². The first-order valence-electron chi connectivity index (χ1n) is 11.9. The van der Waals surface area contributed by atoms with Crippen LogP contribution in [0.1, 0.15) is 42.9 Å². The lowest BCUT2D eigenvalue weighted by Gasteiger charge is -2.15. The summed E-state index contributed by atoms with van der Waals surface area (Å²) in [5.74, 6) is 1.75. The summed E-state index contributed by atoms with van der Waals surface area (Å²) in [5.41, 5.74) is 4.50. The van der Waals surface area contributed by atoms with E-state index < -0.39 is 10.2 Å². The number of halogens is 1. The quantitative estimate of drug-likeness (QED) is 0.257. The molecule has 1 fully saturated rings. The molecule has 192 valence electrons. The van der Waals surface area contributed by atoms with Crippen LogP contribution in [-0.2, 0) is 16.8 Å². The first kappa shape index (κ1) is 26.2. The molecule has 4 N–H and O–H groups in total. The molecule has 4 rings (SSSR count). The predicted molar refractivity (Wildman–Crippen MR) is 144 cm³/mol. The SMILES string of the molecule is CCCOc1c(C)cc(Nc2ncc(Cl)c(Nc3ccc(CNS(=O)(=O)NC4CC4)cc3)n2)cc1C. The maximum absolute atomic E-state index is 12.0. The monoisotopic (exact) mass is 530 g/mol. The van der Waals surface area contributed by atoms with Crippen LogP contribution in [0.25, 0.3) is 0 Å². The van der Waals surface area contributed by atoms with E-state index in [1.807, 2.05) is 50.2 Å². The molecule has 0 amide bonds. The third-order valence-electron chi connectivity index (χ3n) is 5.49. The highest BCUT2D eigenvalue weighted by Gasteiger charge is 2.26. The summed E-state index contributed by atoms with van der Waals surface area (Å²) in [4.78, 5) is 8.82. The first-order valence-corrected chi connectivity index (χ1v) is 13.7. The molecule has 1 aromatic heterocycles. The number of hydrogen-bond acceptors (Lipinski definition) is 7. The molecule has 1 aliphatic carbocycles. The lowest BCUT2D eigenvalue weighted by molar-refractivity contribution is 0.313. The summed E-state index contributed by atoms with van der Waals surface area (Å²) in [5, 5.41) is 6.80. The largest absolute Gasteiger partial charge is 0.493 e. The second-order valence-corrected chi connectivity index (χ2v) is 10.8. The van der Waals surface area contributed by atoms with E-state index in [-0.39, 0.29) is 12.6 Å². The number of anilines is 4. The van der Waals surface area contributed by atoms with Gasteiger partial charge in [0.2, 0.25) is 5.95 Å². The standard InChI is InChI=1S/C25H31ClN6O3S/c1-4-11-35-23-16(2)12-21(13-17(23)3)30-25-27-15-22(26)24(31-25)29-19-7-5-18(6-8-19)14-28-36(33,34)32-20-9-10-20/h5-8,12-13,15,20,28,32H,4,9-11,14H2,1-3H3,(H2,27,29,30,31). The average Bonchev–Trinajstić information content (AvgIpc) is 3.64. The molecule has 1 heterocycles. The molecule has 9 nitrogen and oxygen atoms in total. The molecule has 1 aliphatic rings. The van der Waals surface area contributed by atoms with Crippen LogP contribution < -0.4 is 24.8 Å². The number of aromatic nitrogens is 2. The Bertz CT molecular complexity index is 1290. The van der Waals surface area contributed by atoms with Gasteiger partial charge in [-0.2, -0.15) is 22.8 Å². The molecule has 0 atom stereocenters. The minimum Gasteiger partial charge on any atom is -0.493 e. The fourth-order valence-electron chi connectivity index (χ4n) is 3.58. The van der Waals surface area contributed by atoms with Crippen molar-refractivity contribution in [2.75, 3.05) is 17.2 Å². The molecule has 0 saturated heterocycles. The first-order chi connectivity index (χ1) is 17.2. The molecule has 3 aromatic rings. The fourth-order valence-corrected chi connectivity index (χ4v) is 4.83. The van der Waals surface area contributed by atoms with Crippen molar-refractivity contribution in [3.63, 3.8) is 0 Å². The van der Waals surface area contributed by atoms with Crippen LogP contribution in [-0.4, -0.2) is 31.0 Å². The molecule has 0 aliphatic heterocycles. The number of nitrogens with zero attached hydrogens (tertiary/aromatic N) is 2. The molecular weight excluding hydrogens is 500 g/mol. The van der Waals surface area contributed by atoms with E-state index in [2.05, 4.69) is 37.0 Å². The summed E-state index contributed by atoms with van der Waals surface area (Å²) in [6.07, 6.45) is 4.27. The molecule has 1 saturated carbocycles. The Kier molecular flexibility index (Phi) is 8.30. The lowest BCUT2D eigenvalue weighted by atomic mass is 10.1. The topological polar surface area (TPSA) is 117 Å². The van der Waals surface area contributed by atoms with E-state index in [0.717, 1.165) is 53.1 Å². The number of rotatable bonds is 12. The van der Waals surface area contributed by atoms with Crippen molar-refractivity contribution in [2.45, 2.75) is 52.6 Å². The summed E-state index contributed by atoms with van der Waals surface area (Å²) < 4.78 is 35.0. The van der Waals surface area contributed by atoms with Crippen molar-refractivity contribution >= 4 is 45.0 Å². The Morgan fingerprint density at radius 3 is 2.39 bits per heavy atom. The van der Waals surface area contributed by atoms with Crippen LogP contribution in [0.2, 0.25) is 5.02 Å². The normalized spacial score (nSPS) is 13.4. The van der Waals surface area contributed by atoms with E-state index in [4.69, 9.17) is 16.3 Å². The smallest absolute Gasteiger partial charge is 0.277 e. The maximum Gasteiger partial charge on any atom is 0.277 e. The summed E-state index contributed by atoms with van der Waals surface area (Å²) in [6.45, 7) is 6.98. The fraction of sp³-hybridized carbons (Fsp3) is 0.360. The van der Waals surface area contributed by atoms with E-state index in [1.54, 1.807) is 0 Å². The lowest BCUT2D eigenvalue weighted by Crippen LogP contribution is -2.37. The minimum absolute atomic E-state index is 0.0679. The summed E-state index contributed by atoms with van der Waals surface area (Å²) in [7, 11) is -3.49. The van der Waals surface area contributed by atoms with Crippen molar-refractivity contribution in [3.8, 4) is 5.75 Å². The zero-order valence-electron chi connectivity index (χ0n) is 20.6. The molecule has 0 unspecified atom stereocenters. The zero-order valence-corrected chi connectivity index (χ0v) is 22.1. The molecule has 0 bridgehead atoms. The van der Waals surface area contributed by atoms with Gasteiger partial charge in [0.25, 0.3) is 10.2 Å². The van der Waals surface area contributed by atoms with Crippen molar-refractivity contribution in [1.82, 2.24) is 19.4 Å². The number of benzene rings is 2. The van der Waals surface area contributed by atoms with Crippen LogP contribution >= 0.6 is 11.6 Å². The second-order valence-electron chi connectivity index (χ2n) is 8.84. The highest BCUT2D eigenvalue weighted by molar-refractivity contribution is 7.87. The maximum atomic E-state index is 12.0. The van der Waals surface area contributed by atoms with Gasteiger partial charge in [0, 0.05) is 24.0 Å². The van der Waals surface area contributed by atoms with Crippen molar-refractivity contribution in [1.29, 1.82) is 0 Å². The average molecular weight is 531 g/mol. The summed E-state index contributed by atoms with van der Waals surface area (Å²) in [6, 6.07) is 11.4. The van der Waals surface area contributed by atoms with Crippen molar-refractivity contribution in [3.05, 3.63) is 64.3 Å². The van der Waals surface area contributed by atoms with Gasteiger partial charge >= 0.3 is 0 Å². The number of ether oxygens (including phenoxy) is 1. The van der Waals surface area contributed by atoms with Gasteiger partial charge in [0.15, 0.2) is 5.82 Å². The molecule has 2 aromatic carbocycles. The Morgan fingerprint density at radius 2 is 1.75 bits per heavy atom. The summed E-state index contributed by atoms with van der Waals surface area (Å²) >= 11 is 6.33. The van der Waals surface area contributed by atoms with E-state index in [9.17, 15) is 8.42 Å². The van der Waals surface area contributed by atoms with Crippen LogP contribution in [0, 0.1) is 13.8 Å². The van der Waals surface area contributed by atoms with Crippen LogP contribution in [0.3, 0.4) is 0 Å². The van der Waals surface area contributed by atoms with E-state index in [0.29, 0.717) is 23.4 Å². The molecule has 0 spiro atoms. The third-order valence-corrected chi connectivity index (χ3v) is 6.94.